The van der Waals surface area contributed by atoms with E-state index in [1.165, 1.54) is 0 Å². The molecule has 0 spiro atoms. The van der Waals surface area contributed by atoms with Crippen LogP contribution in [0.15, 0.2) is 12.7 Å². The Bertz CT molecular complexity index is 286. The molecule has 1 aliphatic heterocycles. The third-order valence-electron chi connectivity index (χ3n) is 2.52. The molecule has 0 N–H and O–H groups in total. The highest BCUT2D eigenvalue weighted by atomic mass is 16.6. The number of ketones is 1. The van der Waals surface area contributed by atoms with Crippen molar-refractivity contribution >= 4 is 11.9 Å². The fourth-order valence-electron chi connectivity index (χ4n) is 1.61. The van der Waals surface area contributed by atoms with E-state index in [4.69, 9.17) is 4.74 Å². The second-order valence-corrected chi connectivity index (χ2v) is 4.46. The van der Waals surface area contributed by atoms with Gasteiger partial charge >= 0.3 is 6.09 Å². The van der Waals surface area contributed by atoms with Gasteiger partial charge in [-0.2, -0.15) is 0 Å². The number of nitrogens with zero attached hydrogens (tertiary/aromatic N) is 1. The standard InChI is InChI=1S/C12H19NO3/c1-4-10-7-11(14)5-6-13(10)12(15)16-8-9(2)3/h4,9-10H,1,5-8H2,2-3H3. The molecule has 1 fully saturated rings. The van der Waals surface area contributed by atoms with Crippen LogP contribution in [-0.2, 0) is 9.53 Å². The Kier molecular flexibility index (Phi) is 4.52. The number of hydrogen-bond acceptors (Lipinski definition) is 3. The summed E-state index contributed by atoms with van der Waals surface area (Å²) in [6.45, 7) is 8.46. The van der Waals surface area contributed by atoms with Gasteiger partial charge in [0.25, 0.3) is 0 Å². The SMILES string of the molecule is C=CC1CC(=O)CCN1C(=O)OCC(C)C. The molecule has 0 radical (unpaired) electrons. The van der Waals surface area contributed by atoms with Crippen LogP contribution < -0.4 is 0 Å². The van der Waals surface area contributed by atoms with Gasteiger partial charge in [-0.3, -0.25) is 4.79 Å². The van der Waals surface area contributed by atoms with Crippen LogP contribution in [-0.4, -0.2) is 36.0 Å². The molecule has 1 saturated heterocycles. The van der Waals surface area contributed by atoms with Crippen molar-refractivity contribution in [2.75, 3.05) is 13.2 Å². The van der Waals surface area contributed by atoms with Crippen molar-refractivity contribution in [3.05, 3.63) is 12.7 Å². The van der Waals surface area contributed by atoms with Crippen LogP contribution >= 0.6 is 0 Å². The molecular weight excluding hydrogens is 206 g/mol. The van der Waals surface area contributed by atoms with E-state index in [0.29, 0.717) is 31.9 Å². The summed E-state index contributed by atoms with van der Waals surface area (Å²) in [5.41, 5.74) is 0. The fraction of sp³-hybridized carbons (Fsp3) is 0.667. The Morgan fingerprint density at radius 2 is 2.38 bits per heavy atom. The lowest BCUT2D eigenvalue weighted by Gasteiger charge is -2.32. The third kappa shape index (κ3) is 3.36. The summed E-state index contributed by atoms with van der Waals surface area (Å²) < 4.78 is 5.14. The molecule has 0 saturated carbocycles. The van der Waals surface area contributed by atoms with Crippen LogP contribution in [0.3, 0.4) is 0 Å². The van der Waals surface area contributed by atoms with Gasteiger partial charge in [-0.15, -0.1) is 6.58 Å². The quantitative estimate of drug-likeness (QED) is 0.690. The first-order valence-corrected chi connectivity index (χ1v) is 5.62. The molecular formula is C12H19NO3. The van der Waals surface area contributed by atoms with Crippen molar-refractivity contribution in [3.63, 3.8) is 0 Å². The summed E-state index contributed by atoms with van der Waals surface area (Å²) in [6.07, 6.45) is 2.07. The molecule has 1 heterocycles. The molecule has 0 aliphatic carbocycles. The van der Waals surface area contributed by atoms with Gasteiger partial charge in [-0.05, 0) is 5.92 Å². The zero-order valence-corrected chi connectivity index (χ0v) is 9.94. The van der Waals surface area contributed by atoms with Gasteiger partial charge in [0, 0.05) is 19.4 Å². The van der Waals surface area contributed by atoms with E-state index in [0.717, 1.165) is 0 Å². The first-order valence-electron chi connectivity index (χ1n) is 5.62. The molecule has 0 aromatic rings. The van der Waals surface area contributed by atoms with Crippen LogP contribution in [0, 0.1) is 5.92 Å². The smallest absolute Gasteiger partial charge is 0.410 e. The molecule has 0 aromatic carbocycles. The van der Waals surface area contributed by atoms with Crippen molar-refractivity contribution < 1.29 is 14.3 Å². The van der Waals surface area contributed by atoms with Crippen molar-refractivity contribution in [2.24, 2.45) is 5.92 Å². The maximum atomic E-state index is 11.7. The number of hydrogen-bond donors (Lipinski definition) is 0. The highest BCUT2D eigenvalue weighted by Crippen LogP contribution is 2.16. The third-order valence-corrected chi connectivity index (χ3v) is 2.52. The van der Waals surface area contributed by atoms with Crippen LogP contribution in [0.1, 0.15) is 26.7 Å². The van der Waals surface area contributed by atoms with Crippen LogP contribution in [0.5, 0.6) is 0 Å². The van der Waals surface area contributed by atoms with Crippen molar-refractivity contribution in [1.29, 1.82) is 0 Å². The largest absolute Gasteiger partial charge is 0.449 e. The number of rotatable bonds is 3. The number of amides is 1. The minimum absolute atomic E-state index is 0.179. The van der Waals surface area contributed by atoms with Crippen molar-refractivity contribution in [3.8, 4) is 0 Å². The lowest BCUT2D eigenvalue weighted by molar-refractivity contribution is -0.122. The molecule has 4 nitrogen and oxygen atoms in total. The zero-order chi connectivity index (χ0) is 12.1. The lowest BCUT2D eigenvalue weighted by atomic mass is 10.0. The topological polar surface area (TPSA) is 46.6 Å². The Labute approximate surface area is 96.3 Å². The summed E-state index contributed by atoms with van der Waals surface area (Å²) in [5.74, 6) is 0.496. The van der Waals surface area contributed by atoms with E-state index < -0.39 is 0 Å². The van der Waals surface area contributed by atoms with Gasteiger partial charge in [0.2, 0.25) is 0 Å². The first-order chi connectivity index (χ1) is 7.54. The number of likely N-dealkylation sites (tertiary alicyclic amines) is 1. The second kappa shape index (κ2) is 5.68. The molecule has 1 amide bonds. The second-order valence-electron chi connectivity index (χ2n) is 4.46. The molecule has 1 unspecified atom stereocenters. The van der Waals surface area contributed by atoms with Gasteiger partial charge in [0.15, 0.2) is 0 Å². The van der Waals surface area contributed by atoms with Gasteiger partial charge in [-0.1, -0.05) is 19.9 Å². The van der Waals surface area contributed by atoms with Gasteiger partial charge < -0.3 is 9.64 Å². The summed E-state index contributed by atoms with van der Waals surface area (Å²) in [4.78, 5) is 24.5. The van der Waals surface area contributed by atoms with Crippen LogP contribution in [0.2, 0.25) is 0 Å². The first kappa shape index (κ1) is 12.7. The predicted molar refractivity (Wildman–Crippen MR) is 61.1 cm³/mol. The van der Waals surface area contributed by atoms with E-state index >= 15 is 0 Å². The summed E-state index contributed by atoms with van der Waals surface area (Å²) >= 11 is 0. The maximum Gasteiger partial charge on any atom is 0.410 e. The molecule has 90 valence electrons. The molecule has 0 bridgehead atoms. The fourth-order valence-corrected chi connectivity index (χ4v) is 1.61. The predicted octanol–water partition coefficient (Wildman–Crippen LogP) is 2.00. The van der Waals surface area contributed by atoms with E-state index in [9.17, 15) is 9.59 Å². The molecule has 4 heteroatoms. The Hall–Kier alpha value is -1.32. The number of Topliss-reactive ketones (excluding diaryl/α,β-unsaturated/α-hetero) is 1. The molecule has 1 aliphatic rings. The maximum absolute atomic E-state index is 11.7. The minimum Gasteiger partial charge on any atom is -0.449 e. The molecule has 16 heavy (non-hydrogen) atoms. The Morgan fingerprint density at radius 1 is 1.69 bits per heavy atom. The zero-order valence-electron chi connectivity index (χ0n) is 9.94. The summed E-state index contributed by atoms with van der Waals surface area (Å²) in [7, 11) is 0. The van der Waals surface area contributed by atoms with Crippen LogP contribution in [0.25, 0.3) is 0 Å². The van der Waals surface area contributed by atoms with E-state index in [1.54, 1.807) is 11.0 Å². The molecule has 1 atom stereocenters. The number of ether oxygens (including phenoxy) is 1. The average Bonchev–Trinajstić information content (AvgIpc) is 2.25. The van der Waals surface area contributed by atoms with Gasteiger partial charge in [0.05, 0.1) is 12.6 Å². The van der Waals surface area contributed by atoms with E-state index in [-0.39, 0.29) is 17.9 Å². The normalized spacial score (nSPS) is 21.1. The number of carbonyl (C=O) groups excluding carboxylic acids is 2. The average molecular weight is 225 g/mol. The monoisotopic (exact) mass is 225 g/mol. The molecule has 0 aromatic heterocycles. The van der Waals surface area contributed by atoms with Crippen LogP contribution in [0.4, 0.5) is 4.79 Å². The van der Waals surface area contributed by atoms with E-state index in [1.807, 2.05) is 13.8 Å². The van der Waals surface area contributed by atoms with Gasteiger partial charge in [0.1, 0.15) is 5.78 Å². The number of piperidine rings is 1. The van der Waals surface area contributed by atoms with Crippen molar-refractivity contribution in [2.45, 2.75) is 32.7 Å². The molecule has 1 rings (SSSR count). The number of carbonyl (C=O) groups is 2. The minimum atomic E-state index is -0.342. The summed E-state index contributed by atoms with van der Waals surface area (Å²) in [6, 6.07) is -0.207. The Morgan fingerprint density at radius 3 is 2.94 bits per heavy atom. The highest BCUT2D eigenvalue weighted by molar-refractivity contribution is 5.82. The lowest BCUT2D eigenvalue weighted by Crippen LogP contribution is -2.45. The van der Waals surface area contributed by atoms with Gasteiger partial charge in [-0.25, -0.2) is 4.79 Å². The highest BCUT2D eigenvalue weighted by Gasteiger charge is 2.29. The Balaban J connectivity index is 2.53. The van der Waals surface area contributed by atoms with E-state index in [2.05, 4.69) is 6.58 Å². The summed E-state index contributed by atoms with van der Waals surface area (Å²) in [5, 5.41) is 0. The van der Waals surface area contributed by atoms with Crippen molar-refractivity contribution in [1.82, 2.24) is 4.90 Å².